The first-order valence-corrected chi connectivity index (χ1v) is 7.95. The second-order valence-electron chi connectivity index (χ2n) is 4.81. The lowest BCUT2D eigenvalue weighted by Gasteiger charge is -2.06. The molecule has 0 amide bonds. The molecule has 2 aromatic carbocycles. The first kappa shape index (κ1) is 14.7. The fourth-order valence-corrected chi connectivity index (χ4v) is 3.22. The van der Waals surface area contributed by atoms with Gasteiger partial charge in [0.05, 0.1) is 11.4 Å². The van der Waals surface area contributed by atoms with E-state index in [0.29, 0.717) is 11.8 Å². The van der Waals surface area contributed by atoms with Crippen molar-refractivity contribution in [2.75, 3.05) is 0 Å². The lowest BCUT2D eigenvalue weighted by molar-refractivity contribution is 0.561. The van der Waals surface area contributed by atoms with Crippen molar-refractivity contribution >= 4 is 20.9 Å². The van der Waals surface area contributed by atoms with E-state index in [9.17, 15) is 17.2 Å². The van der Waals surface area contributed by atoms with E-state index in [-0.39, 0.29) is 6.54 Å². The Morgan fingerprint density at radius 3 is 2.36 bits per heavy atom. The third-order valence-corrected chi connectivity index (χ3v) is 4.57. The van der Waals surface area contributed by atoms with Gasteiger partial charge < -0.3 is 4.98 Å². The van der Waals surface area contributed by atoms with Gasteiger partial charge in [-0.2, -0.15) is 0 Å². The van der Waals surface area contributed by atoms with Crippen LogP contribution in [0.4, 0.5) is 8.78 Å². The van der Waals surface area contributed by atoms with Crippen LogP contribution < -0.4 is 4.72 Å². The summed E-state index contributed by atoms with van der Waals surface area (Å²) < 4.78 is 52.7. The number of aromatic amines is 1. The van der Waals surface area contributed by atoms with E-state index in [0.717, 1.165) is 23.0 Å². The topological polar surface area (TPSA) is 62.0 Å². The monoisotopic (exact) mass is 322 g/mol. The minimum atomic E-state index is -3.99. The molecule has 0 bridgehead atoms. The van der Waals surface area contributed by atoms with Gasteiger partial charge in [0, 0.05) is 17.3 Å². The van der Waals surface area contributed by atoms with E-state index in [4.69, 9.17) is 0 Å². The van der Waals surface area contributed by atoms with E-state index in [1.165, 1.54) is 0 Å². The van der Waals surface area contributed by atoms with Crippen molar-refractivity contribution in [2.24, 2.45) is 0 Å². The fraction of sp³-hybridized carbons (Fsp3) is 0.0667. The third-order valence-electron chi connectivity index (χ3n) is 3.18. The summed E-state index contributed by atoms with van der Waals surface area (Å²) in [4.78, 5) is 2.62. The Bertz CT molecular complexity index is 882. The highest BCUT2D eigenvalue weighted by atomic mass is 32.2. The highest BCUT2D eigenvalue weighted by molar-refractivity contribution is 7.89. The van der Waals surface area contributed by atoms with Crippen LogP contribution in [0.2, 0.25) is 0 Å². The predicted octanol–water partition coefficient (Wildman–Crippen LogP) is 2.92. The molecule has 0 spiro atoms. The van der Waals surface area contributed by atoms with Crippen molar-refractivity contribution in [3.05, 3.63) is 65.9 Å². The number of sulfonamides is 1. The van der Waals surface area contributed by atoms with Crippen LogP contribution in [-0.4, -0.2) is 13.4 Å². The Kier molecular flexibility index (Phi) is 3.67. The number of hydrogen-bond acceptors (Lipinski definition) is 2. The van der Waals surface area contributed by atoms with Gasteiger partial charge in [-0.3, -0.25) is 0 Å². The van der Waals surface area contributed by atoms with Crippen molar-refractivity contribution in [2.45, 2.75) is 11.4 Å². The summed E-state index contributed by atoms with van der Waals surface area (Å²) >= 11 is 0. The molecule has 7 heteroatoms. The first-order chi connectivity index (χ1) is 10.4. The van der Waals surface area contributed by atoms with Gasteiger partial charge in [-0.15, -0.1) is 0 Å². The molecule has 0 saturated carbocycles. The van der Waals surface area contributed by atoms with Crippen molar-refractivity contribution in [1.29, 1.82) is 0 Å². The van der Waals surface area contributed by atoms with Gasteiger partial charge in [-0.1, -0.05) is 18.2 Å². The zero-order valence-electron chi connectivity index (χ0n) is 11.3. The number of hydrogen-bond donors (Lipinski definition) is 2. The van der Waals surface area contributed by atoms with Crippen molar-refractivity contribution < 1.29 is 17.2 Å². The van der Waals surface area contributed by atoms with Crippen LogP contribution >= 0.6 is 0 Å². The molecule has 0 aliphatic rings. The summed E-state index contributed by atoms with van der Waals surface area (Å²) in [6, 6.07) is 11.5. The summed E-state index contributed by atoms with van der Waals surface area (Å²) in [5.41, 5.74) is 1.54. The second-order valence-corrected chi connectivity index (χ2v) is 6.58. The molecular weight excluding hydrogens is 310 g/mol. The van der Waals surface area contributed by atoms with Crippen LogP contribution in [0.15, 0.2) is 53.4 Å². The lowest BCUT2D eigenvalue weighted by Crippen LogP contribution is -2.23. The molecule has 4 nitrogen and oxygen atoms in total. The van der Waals surface area contributed by atoms with Crippen molar-refractivity contribution in [3.8, 4) is 0 Å². The van der Waals surface area contributed by atoms with Crippen LogP contribution in [0, 0.1) is 11.6 Å². The molecule has 2 N–H and O–H groups in total. The van der Waals surface area contributed by atoms with Crippen LogP contribution in [0.3, 0.4) is 0 Å². The summed E-state index contributed by atoms with van der Waals surface area (Å²) in [6.45, 7) is -0.00482. The average molecular weight is 322 g/mol. The first-order valence-electron chi connectivity index (χ1n) is 6.46. The van der Waals surface area contributed by atoms with Gasteiger partial charge in [0.25, 0.3) is 0 Å². The maximum Gasteiger partial charge on any atom is 0.241 e. The zero-order chi connectivity index (χ0) is 15.7. The molecule has 0 saturated heterocycles. The molecule has 1 heterocycles. The van der Waals surface area contributed by atoms with E-state index >= 15 is 0 Å². The summed E-state index contributed by atoms with van der Waals surface area (Å²) in [7, 11) is -3.99. The number of fused-ring (bicyclic) bond motifs is 1. The van der Waals surface area contributed by atoms with E-state index in [1.807, 2.05) is 30.3 Å². The molecule has 3 aromatic rings. The highest BCUT2D eigenvalue weighted by Gasteiger charge is 2.16. The molecule has 3 rings (SSSR count). The summed E-state index contributed by atoms with van der Waals surface area (Å²) in [5, 5.41) is 0.952. The Morgan fingerprint density at radius 1 is 1.00 bits per heavy atom. The van der Waals surface area contributed by atoms with Gasteiger partial charge in [-0.25, -0.2) is 21.9 Å². The second kappa shape index (κ2) is 5.51. The molecule has 22 heavy (non-hydrogen) atoms. The SMILES string of the molecule is O=S(=O)(NCc1cc2ccccc2[nH]1)c1cc(F)cc(F)c1. The number of aromatic nitrogens is 1. The molecular formula is C15H12F2N2O2S. The normalized spacial score (nSPS) is 11.9. The molecule has 0 aliphatic carbocycles. The summed E-state index contributed by atoms with van der Waals surface area (Å²) in [6.07, 6.45) is 0. The quantitative estimate of drug-likeness (QED) is 0.776. The largest absolute Gasteiger partial charge is 0.357 e. The number of para-hydroxylation sites is 1. The van der Waals surface area contributed by atoms with Crippen molar-refractivity contribution in [1.82, 2.24) is 9.71 Å². The van der Waals surface area contributed by atoms with Gasteiger partial charge in [0.2, 0.25) is 10.0 Å². The lowest BCUT2D eigenvalue weighted by atomic mass is 10.2. The van der Waals surface area contributed by atoms with Crippen LogP contribution in [0.1, 0.15) is 5.69 Å². The zero-order valence-corrected chi connectivity index (χ0v) is 12.1. The average Bonchev–Trinajstić information content (AvgIpc) is 2.87. The standard InChI is InChI=1S/C15H12F2N2O2S/c16-11-6-12(17)8-14(7-11)22(20,21)18-9-13-5-10-3-1-2-4-15(10)19-13/h1-8,18-19H,9H2. The number of rotatable bonds is 4. The minimum absolute atomic E-state index is 0.00482. The Balaban J connectivity index is 1.82. The number of nitrogens with one attached hydrogen (secondary N) is 2. The molecule has 0 fully saturated rings. The van der Waals surface area contributed by atoms with Crippen LogP contribution in [0.5, 0.6) is 0 Å². The van der Waals surface area contributed by atoms with Gasteiger partial charge >= 0.3 is 0 Å². The molecule has 114 valence electrons. The highest BCUT2D eigenvalue weighted by Crippen LogP contribution is 2.16. The minimum Gasteiger partial charge on any atom is -0.357 e. The number of halogens is 2. The Hall–Kier alpha value is -2.25. The number of H-pyrrole nitrogens is 1. The van der Waals surface area contributed by atoms with Crippen LogP contribution in [-0.2, 0) is 16.6 Å². The van der Waals surface area contributed by atoms with E-state index < -0.39 is 26.6 Å². The molecule has 0 atom stereocenters. The predicted molar refractivity (Wildman–Crippen MR) is 78.7 cm³/mol. The van der Waals surface area contributed by atoms with Crippen LogP contribution in [0.25, 0.3) is 10.9 Å². The third kappa shape index (κ3) is 3.00. The maximum atomic E-state index is 13.1. The molecule has 1 aromatic heterocycles. The van der Waals surface area contributed by atoms with E-state index in [1.54, 1.807) is 0 Å². The molecule has 0 radical (unpaired) electrons. The Morgan fingerprint density at radius 2 is 1.68 bits per heavy atom. The summed E-state index contributed by atoms with van der Waals surface area (Å²) in [5.74, 6) is -1.88. The molecule has 0 unspecified atom stereocenters. The maximum absolute atomic E-state index is 13.1. The fourth-order valence-electron chi connectivity index (χ4n) is 2.17. The number of benzene rings is 2. The van der Waals surface area contributed by atoms with E-state index in [2.05, 4.69) is 9.71 Å². The van der Waals surface area contributed by atoms with Gasteiger partial charge in [0.1, 0.15) is 11.6 Å². The van der Waals surface area contributed by atoms with Gasteiger partial charge in [-0.05, 0) is 29.7 Å². The van der Waals surface area contributed by atoms with Gasteiger partial charge in [0.15, 0.2) is 0 Å². The van der Waals surface area contributed by atoms with Crippen molar-refractivity contribution in [3.63, 3.8) is 0 Å². The molecule has 0 aliphatic heterocycles. The Labute approximate surface area is 125 Å². The smallest absolute Gasteiger partial charge is 0.241 e.